The molecule has 5 N–H and O–H groups in total. The van der Waals surface area contributed by atoms with E-state index in [4.69, 9.17) is 18.6 Å². The number of aliphatic carboxylic acids is 1. The number of hydroxylamine groups is 1. The topological polar surface area (TPSA) is 185 Å². The second-order valence-electron chi connectivity index (χ2n) is 11.1. The summed E-state index contributed by atoms with van der Waals surface area (Å²) in [4.78, 5) is 38.0. The number of ether oxygens (including phenoxy) is 3. The van der Waals surface area contributed by atoms with Crippen molar-refractivity contribution < 1.29 is 53.5 Å². The molecule has 38 heavy (non-hydrogen) atoms. The van der Waals surface area contributed by atoms with Gasteiger partial charge >= 0.3 is 11.9 Å². The Balaban J connectivity index is 1.52. The molecule has 208 valence electrons. The van der Waals surface area contributed by atoms with Gasteiger partial charge in [0.1, 0.15) is 24.4 Å². The molecule has 5 rings (SSSR count). The van der Waals surface area contributed by atoms with Crippen molar-refractivity contribution in [3.63, 3.8) is 0 Å². The van der Waals surface area contributed by atoms with Crippen molar-refractivity contribution in [1.29, 1.82) is 0 Å². The predicted octanol–water partition coefficient (Wildman–Crippen LogP) is 1.10. The monoisotopic (exact) mass is 535 g/mol. The Bertz CT molecular complexity index is 1120. The van der Waals surface area contributed by atoms with E-state index in [9.17, 15) is 34.9 Å². The van der Waals surface area contributed by atoms with Gasteiger partial charge in [-0.05, 0) is 43.1 Å². The average Bonchev–Trinajstić information content (AvgIpc) is 3.50. The van der Waals surface area contributed by atoms with Gasteiger partial charge in [-0.1, -0.05) is 19.9 Å². The van der Waals surface area contributed by atoms with Crippen molar-refractivity contribution >= 4 is 17.7 Å². The Hall–Kier alpha value is -2.61. The van der Waals surface area contributed by atoms with E-state index < -0.39 is 77.8 Å². The van der Waals surface area contributed by atoms with Gasteiger partial charge in [-0.15, -0.1) is 0 Å². The number of esters is 1. The van der Waals surface area contributed by atoms with E-state index in [1.807, 2.05) is 25.4 Å². The van der Waals surface area contributed by atoms with E-state index in [1.165, 1.54) is 12.5 Å². The van der Waals surface area contributed by atoms with Crippen LogP contribution >= 0.6 is 0 Å². The molecule has 3 heterocycles. The Morgan fingerprint density at radius 3 is 2.71 bits per heavy atom. The molecule has 0 spiro atoms. The first-order valence-electron chi connectivity index (χ1n) is 12.8. The van der Waals surface area contributed by atoms with Crippen molar-refractivity contribution in [2.24, 2.45) is 22.7 Å². The van der Waals surface area contributed by atoms with Gasteiger partial charge in [0.25, 0.3) is 0 Å². The molecule has 1 saturated carbocycles. The van der Waals surface area contributed by atoms with Crippen LogP contribution in [0, 0.1) is 22.7 Å². The molecule has 12 heteroatoms. The van der Waals surface area contributed by atoms with Gasteiger partial charge in [0.05, 0.1) is 31.2 Å². The largest absolute Gasteiger partial charge is 0.481 e. The zero-order valence-corrected chi connectivity index (χ0v) is 21.1. The fourth-order valence-corrected chi connectivity index (χ4v) is 7.29. The van der Waals surface area contributed by atoms with Gasteiger partial charge in [-0.25, -0.2) is 4.79 Å². The maximum absolute atomic E-state index is 12.7. The maximum Gasteiger partial charge on any atom is 0.334 e. The molecule has 2 saturated heterocycles. The molecule has 10 atom stereocenters. The highest BCUT2D eigenvalue weighted by molar-refractivity contribution is 5.93. The summed E-state index contributed by atoms with van der Waals surface area (Å²) in [5, 5.41) is 39.7. The Labute approximate surface area is 218 Å². The van der Waals surface area contributed by atoms with Gasteiger partial charge in [-0.2, -0.15) is 5.48 Å². The van der Waals surface area contributed by atoms with E-state index in [1.54, 1.807) is 6.07 Å². The van der Waals surface area contributed by atoms with Crippen molar-refractivity contribution in [1.82, 2.24) is 5.48 Å². The molecule has 12 nitrogen and oxygen atoms in total. The normalized spacial score (nSPS) is 41.3. The van der Waals surface area contributed by atoms with Crippen LogP contribution in [0.2, 0.25) is 0 Å². The first kappa shape index (κ1) is 27.0. The standard InChI is InChI=1S/C26H33NO11/c1-25(14(22(31)32)8-18-26(2)13(23(33)38-18)4-3-5-17(25)26)9-15(12-6-7-35-11-12)36-24-19(27-34)21(30)20(29)16(10-28)37-24/h4,6-7,11,14-20,24,27-29,34H,3,5,8-10H2,1-2H3,(H,31,32). The molecule has 1 aromatic heterocycles. The highest BCUT2D eigenvalue weighted by Gasteiger charge is 2.67. The third-order valence-corrected chi connectivity index (χ3v) is 9.27. The van der Waals surface area contributed by atoms with E-state index in [0.29, 0.717) is 24.0 Å². The SMILES string of the molecule is CC1(CC(OC2OC(CO)C(O)C(=O)C2NO)c2ccoc2)C(C(=O)O)CC2OC(=O)C3=CCCC1C32C. The summed E-state index contributed by atoms with van der Waals surface area (Å²) in [6.45, 7) is 3.18. The lowest BCUT2D eigenvalue weighted by molar-refractivity contribution is -0.261. The molecule has 2 aliphatic heterocycles. The first-order chi connectivity index (χ1) is 18.1. The number of Topliss-reactive ketones (excluding diaryl/α,β-unsaturated/α-hetero) is 1. The number of hydrogen-bond acceptors (Lipinski definition) is 11. The van der Waals surface area contributed by atoms with Gasteiger partial charge in [0.2, 0.25) is 0 Å². The van der Waals surface area contributed by atoms with Crippen LogP contribution in [0.4, 0.5) is 0 Å². The van der Waals surface area contributed by atoms with Crippen LogP contribution in [0.15, 0.2) is 34.7 Å². The summed E-state index contributed by atoms with van der Waals surface area (Å²) in [7, 11) is 0. The van der Waals surface area contributed by atoms with Crippen LogP contribution in [0.3, 0.4) is 0 Å². The van der Waals surface area contributed by atoms with Gasteiger partial charge in [0.15, 0.2) is 12.1 Å². The molecule has 2 aliphatic carbocycles. The molecular weight excluding hydrogens is 502 g/mol. The second-order valence-corrected chi connectivity index (χ2v) is 11.1. The molecule has 0 amide bonds. The summed E-state index contributed by atoms with van der Waals surface area (Å²) in [5.74, 6) is -3.35. The number of carboxylic acids is 1. The molecule has 0 bridgehead atoms. The number of rotatable bonds is 8. The molecule has 3 fully saturated rings. The molecule has 4 aliphatic rings. The van der Waals surface area contributed by atoms with E-state index in [-0.39, 0.29) is 18.8 Å². The van der Waals surface area contributed by atoms with Crippen LogP contribution < -0.4 is 5.48 Å². The number of carbonyl (C=O) groups is 3. The average molecular weight is 536 g/mol. The predicted molar refractivity (Wildman–Crippen MR) is 125 cm³/mol. The number of aliphatic hydroxyl groups excluding tert-OH is 2. The van der Waals surface area contributed by atoms with Gasteiger partial charge in [0, 0.05) is 16.6 Å². The van der Waals surface area contributed by atoms with Crippen molar-refractivity contribution in [3.8, 4) is 0 Å². The van der Waals surface area contributed by atoms with Crippen molar-refractivity contribution in [3.05, 3.63) is 35.8 Å². The minimum absolute atomic E-state index is 0.137. The Morgan fingerprint density at radius 2 is 2.08 bits per heavy atom. The summed E-state index contributed by atoms with van der Waals surface area (Å²) in [6, 6.07) is 0.194. The lowest BCUT2D eigenvalue weighted by Gasteiger charge is -2.57. The molecule has 0 aromatic carbocycles. The second kappa shape index (κ2) is 9.85. The van der Waals surface area contributed by atoms with Crippen LogP contribution in [-0.2, 0) is 28.6 Å². The number of ketones is 1. The summed E-state index contributed by atoms with van der Waals surface area (Å²) >= 11 is 0. The zero-order valence-electron chi connectivity index (χ0n) is 21.1. The molecule has 10 unspecified atom stereocenters. The summed E-state index contributed by atoms with van der Waals surface area (Å²) in [5.41, 5.74) is 1.39. The van der Waals surface area contributed by atoms with Crippen molar-refractivity contribution in [2.45, 2.75) is 76.3 Å². The number of nitrogens with one attached hydrogen (secondary N) is 1. The first-order valence-corrected chi connectivity index (χ1v) is 12.8. The maximum atomic E-state index is 12.7. The molecular formula is C26H33NO11. The number of aliphatic hydroxyl groups is 2. The van der Waals surface area contributed by atoms with E-state index >= 15 is 0 Å². The number of furan rings is 1. The summed E-state index contributed by atoms with van der Waals surface area (Å²) < 4.78 is 22.8. The minimum atomic E-state index is -1.67. The van der Waals surface area contributed by atoms with Crippen LogP contribution in [0.1, 0.15) is 51.2 Å². The fourth-order valence-electron chi connectivity index (χ4n) is 7.29. The van der Waals surface area contributed by atoms with Gasteiger partial charge < -0.3 is 39.2 Å². The quantitative estimate of drug-likeness (QED) is 0.236. The number of carbonyl (C=O) groups excluding carboxylic acids is 2. The highest BCUT2D eigenvalue weighted by atomic mass is 16.7. The summed E-state index contributed by atoms with van der Waals surface area (Å²) in [6.07, 6.45) is 0.520. The Morgan fingerprint density at radius 1 is 1.32 bits per heavy atom. The zero-order chi connectivity index (χ0) is 27.4. The third-order valence-electron chi connectivity index (χ3n) is 9.27. The van der Waals surface area contributed by atoms with E-state index in [2.05, 4.69) is 0 Å². The van der Waals surface area contributed by atoms with Crippen LogP contribution in [0.5, 0.6) is 0 Å². The lowest BCUT2D eigenvalue weighted by atomic mass is 9.46. The number of hydrogen-bond donors (Lipinski definition) is 5. The molecule has 1 aromatic rings. The third kappa shape index (κ3) is 4.02. The van der Waals surface area contributed by atoms with E-state index in [0.717, 1.165) is 0 Å². The Kier molecular flexibility index (Phi) is 6.99. The van der Waals surface area contributed by atoms with Gasteiger partial charge in [-0.3, -0.25) is 9.59 Å². The lowest BCUT2D eigenvalue weighted by Crippen LogP contribution is -2.61. The van der Waals surface area contributed by atoms with Crippen molar-refractivity contribution in [2.75, 3.05) is 6.61 Å². The number of allylic oxidation sites excluding steroid dienone is 1. The minimum Gasteiger partial charge on any atom is -0.481 e. The van der Waals surface area contributed by atoms with Crippen LogP contribution in [-0.4, -0.2) is 75.5 Å². The number of carboxylic acid groups (broad SMARTS) is 1. The highest BCUT2D eigenvalue weighted by Crippen LogP contribution is 2.66. The van der Waals surface area contributed by atoms with Crippen LogP contribution in [0.25, 0.3) is 0 Å². The molecule has 0 radical (unpaired) electrons. The fraction of sp³-hybridized carbons (Fsp3) is 0.654. The smallest absolute Gasteiger partial charge is 0.334 e.